The molecule has 0 amide bonds. The van der Waals surface area contributed by atoms with E-state index in [2.05, 4.69) is 40.7 Å². The molecule has 4 N–H and O–H groups in total. The SMILES string of the molecule is CC(C)CCC[C@@H](C)[C@H]1CC[C@H]2[C@@H]3CC=C4C[C@@H](Oc5ccc(N)cc5N)CC[C@]4(C)[C@H]3CC[C@]12C. The summed E-state index contributed by atoms with van der Waals surface area (Å²) in [6, 6.07) is 5.64. The van der Waals surface area contributed by atoms with Crippen LogP contribution in [0.15, 0.2) is 29.8 Å². The Labute approximate surface area is 220 Å². The Balaban J connectivity index is 1.27. The molecule has 0 unspecified atom stereocenters. The van der Waals surface area contributed by atoms with E-state index in [1.54, 1.807) is 5.57 Å². The Morgan fingerprint density at radius 3 is 2.53 bits per heavy atom. The van der Waals surface area contributed by atoms with E-state index >= 15 is 0 Å². The number of anilines is 2. The normalized spacial score (nSPS) is 38.6. The standard InChI is InChI=1S/C33H52N2O/c1-21(2)7-6-8-22(3)27-12-13-28-26-11-9-23-19-25(36-31-14-10-24(34)20-30(31)35)15-17-32(23,4)29(26)16-18-33(27,28)5/h9-10,14,20-22,25-29H,6-8,11-13,15-19,34-35H2,1-5H3/t22-,25+,26+,27-,28+,29+,32+,33-/m1/s1. The molecule has 0 spiro atoms. The number of fused-ring (bicyclic) bond motifs is 5. The van der Waals surface area contributed by atoms with Crippen molar-refractivity contribution in [2.45, 2.75) is 111 Å². The van der Waals surface area contributed by atoms with Gasteiger partial charge in [-0.3, -0.25) is 0 Å². The fraction of sp³-hybridized carbons (Fsp3) is 0.758. The van der Waals surface area contributed by atoms with Gasteiger partial charge in [-0.05, 0) is 109 Å². The average molecular weight is 493 g/mol. The summed E-state index contributed by atoms with van der Waals surface area (Å²) in [7, 11) is 0. The quantitative estimate of drug-likeness (QED) is 0.296. The fourth-order valence-corrected chi connectivity index (χ4v) is 9.61. The van der Waals surface area contributed by atoms with Crippen molar-refractivity contribution < 1.29 is 4.74 Å². The number of hydrogen-bond donors (Lipinski definition) is 2. The Hall–Kier alpha value is -1.64. The maximum absolute atomic E-state index is 6.42. The van der Waals surface area contributed by atoms with Gasteiger partial charge in [0.25, 0.3) is 0 Å². The van der Waals surface area contributed by atoms with Crippen LogP contribution in [0.1, 0.15) is 105 Å². The molecule has 8 atom stereocenters. The molecule has 0 saturated heterocycles. The molecular formula is C33H52N2O. The highest BCUT2D eigenvalue weighted by Crippen LogP contribution is 2.67. The molecule has 200 valence electrons. The third-order valence-corrected chi connectivity index (χ3v) is 11.6. The van der Waals surface area contributed by atoms with Gasteiger partial charge in [0.05, 0.1) is 5.69 Å². The van der Waals surface area contributed by atoms with Gasteiger partial charge in [0.2, 0.25) is 0 Å². The second kappa shape index (κ2) is 9.91. The first kappa shape index (κ1) is 26.0. The summed E-state index contributed by atoms with van der Waals surface area (Å²) in [5, 5.41) is 0. The average Bonchev–Trinajstić information content (AvgIpc) is 3.18. The number of hydrogen-bond acceptors (Lipinski definition) is 3. The predicted octanol–water partition coefficient (Wildman–Crippen LogP) is 8.64. The second-order valence-electron chi connectivity index (χ2n) is 14.1. The van der Waals surface area contributed by atoms with Gasteiger partial charge in [-0.15, -0.1) is 0 Å². The van der Waals surface area contributed by atoms with E-state index in [9.17, 15) is 0 Å². The first-order chi connectivity index (χ1) is 17.1. The highest BCUT2D eigenvalue weighted by molar-refractivity contribution is 5.60. The lowest BCUT2D eigenvalue weighted by atomic mass is 9.47. The Kier molecular flexibility index (Phi) is 7.16. The number of ether oxygens (including phenoxy) is 1. The molecular weight excluding hydrogens is 440 g/mol. The van der Waals surface area contributed by atoms with Crippen LogP contribution in [0.3, 0.4) is 0 Å². The predicted molar refractivity (Wildman–Crippen MR) is 153 cm³/mol. The van der Waals surface area contributed by atoms with Gasteiger partial charge in [0.15, 0.2) is 0 Å². The molecule has 0 heterocycles. The van der Waals surface area contributed by atoms with Crippen LogP contribution in [0.2, 0.25) is 0 Å². The third kappa shape index (κ3) is 4.58. The Bertz CT molecular complexity index is 968. The number of benzene rings is 1. The fourth-order valence-electron chi connectivity index (χ4n) is 9.61. The van der Waals surface area contributed by atoms with E-state index in [1.807, 2.05) is 18.2 Å². The summed E-state index contributed by atoms with van der Waals surface area (Å²) in [4.78, 5) is 0. The minimum Gasteiger partial charge on any atom is -0.488 e. The molecule has 3 heteroatoms. The molecule has 1 aromatic carbocycles. The van der Waals surface area contributed by atoms with E-state index < -0.39 is 0 Å². The van der Waals surface area contributed by atoms with E-state index in [4.69, 9.17) is 16.2 Å². The maximum atomic E-state index is 6.42. The first-order valence-corrected chi connectivity index (χ1v) is 15.1. The number of nitrogens with two attached hydrogens (primary N) is 2. The van der Waals surface area contributed by atoms with Gasteiger partial charge in [-0.1, -0.05) is 65.5 Å². The van der Waals surface area contributed by atoms with E-state index in [-0.39, 0.29) is 6.10 Å². The maximum Gasteiger partial charge on any atom is 0.142 e. The lowest BCUT2D eigenvalue weighted by Gasteiger charge is -2.58. The lowest BCUT2D eigenvalue weighted by Crippen LogP contribution is -2.51. The zero-order valence-corrected chi connectivity index (χ0v) is 23.7. The van der Waals surface area contributed by atoms with Crippen LogP contribution < -0.4 is 16.2 Å². The number of allylic oxidation sites excluding steroid dienone is 1. The Morgan fingerprint density at radius 1 is 0.972 bits per heavy atom. The molecule has 0 bridgehead atoms. The van der Waals surface area contributed by atoms with Gasteiger partial charge in [0, 0.05) is 12.1 Å². The van der Waals surface area contributed by atoms with Crippen LogP contribution in [0, 0.1) is 46.3 Å². The summed E-state index contributed by atoms with van der Waals surface area (Å²) in [5.41, 5.74) is 16.0. The molecule has 0 aromatic heterocycles. The monoisotopic (exact) mass is 492 g/mol. The minimum atomic E-state index is 0.225. The number of rotatable bonds is 7. The highest BCUT2D eigenvalue weighted by atomic mass is 16.5. The van der Waals surface area contributed by atoms with Gasteiger partial charge in [0.1, 0.15) is 11.9 Å². The molecule has 4 aliphatic rings. The molecule has 36 heavy (non-hydrogen) atoms. The molecule has 1 aromatic rings. The molecule has 4 aliphatic carbocycles. The van der Waals surface area contributed by atoms with Crippen molar-refractivity contribution in [3.63, 3.8) is 0 Å². The van der Waals surface area contributed by atoms with Crippen LogP contribution >= 0.6 is 0 Å². The zero-order chi connectivity index (χ0) is 25.7. The molecule has 0 aliphatic heterocycles. The summed E-state index contributed by atoms with van der Waals surface area (Å²) < 4.78 is 6.42. The van der Waals surface area contributed by atoms with Gasteiger partial charge < -0.3 is 16.2 Å². The highest BCUT2D eigenvalue weighted by Gasteiger charge is 2.59. The summed E-state index contributed by atoms with van der Waals surface area (Å²) in [6.45, 7) is 12.6. The Morgan fingerprint density at radius 2 is 1.78 bits per heavy atom. The number of nitrogen functional groups attached to an aromatic ring is 2. The van der Waals surface area contributed by atoms with Crippen LogP contribution in [-0.4, -0.2) is 6.10 Å². The lowest BCUT2D eigenvalue weighted by molar-refractivity contribution is -0.0558. The van der Waals surface area contributed by atoms with Crippen LogP contribution in [0.4, 0.5) is 11.4 Å². The van der Waals surface area contributed by atoms with Gasteiger partial charge in [-0.2, -0.15) is 0 Å². The van der Waals surface area contributed by atoms with Crippen molar-refractivity contribution in [3.8, 4) is 5.75 Å². The summed E-state index contributed by atoms with van der Waals surface area (Å²) >= 11 is 0. The summed E-state index contributed by atoms with van der Waals surface area (Å²) in [6.07, 6.45) is 17.7. The molecule has 0 radical (unpaired) electrons. The van der Waals surface area contributed by atoms with Crippen molar-refractivity contribution in [1.29, 1.82) is 0 Å². The zero-order valence-electron chi connectivity index (χ0n) is 23.7. The molecule has 3 fully saturated rings. The second-order valence-corrected chi connectivity index (χ2v) is 14.1. The summed E-state index contributed by atoms with van der Waals surface area (Å²) in [5.74, 6) is 6.11. The van der Waals surface area contributed by atoms with Crippen molar-refractivity contribution in [3.05, 3.63) is 29.8 Å². The molecule has 5 rings (SSSR count). The van der Waals surface area contributed by atoms with Gasteiger partial charge >= 0.3 is 0 Å². The molecule has 3 saturated carbocycles. The largest absolute Gasteiger partial charge is 0.488 e. The van der Waals surface area contributed by atoms with E-state index in [1.165, 1.54) is 57.8 Å². The van der Waals surface area contributed by atoms with Gasteiger partial charge in [-0.25, -0.2) is 0 Å². The van der Waals surface area contributed by atoms with Crippen LogP contribution in [0.5, 0.6) is 5.75 Å². The van der Waals surface area contributed by atoms with E-state index in [0.29, 0.717) is 22.2 Å². The topological polar surface area (TPSA) is 61.3 Å². The molecule has 3 nitrogen and oxygen atoms in total. The van der Waals surface area contributed by atoms with Crippen molar-refractivity contribution in [1.82, 2.24) is 0 Å². The van der Waals surface area contributed by atoms with E-state index in [0.717, 1.165) is 54.1 Å². The van der Waals surface area contributed by atoms with Crippen molar-refractivity contribution >= 4 is 11.4 Å². The van der Waals surface area contributed by atoms with Crippen molar-refractivity contribution in [2.24, 2.45) is 46.3 Å². The van der Waals surface area contributed by atoms with Crippen LogP contribution in [0.25, 0.3) is 0 Å². The van der Waals surface area contributed by atoms with Crippen molar-refractivity contribution in [2.75, 3.05) is 11.5 Å². The third-order valence-electron chi connectivity index (χ3n) is 11.6. The smallest absolute Gasteiger partial charge is 0.142 e. The first-order valence-electron chi connectivity index (χ1n) is 15.1. The minimum absolute atomic E-state index is 0.225. The van der Waals surface area contributed by atoms with Crippen LogP contribution in [-0.2, 0) is 0 Å².